The van der Waals surface area contributed by atoms with Crippen molar-refractivity contribution in [3.63, 3.8) is 0 Å². The highest BCUT2D eigenvalue weighted by Crippen LogP contribution is 2.31. The first-order valence-corrected chi connectivity index (χ1v) is 10.1. The summed E-state index contributed by atoms with van der Waals surface area (Å²) >= 11 is 0. The van der Waals surface area contributed by atoms with Crippen molar-refractivity contribution in [2.75, 3.05) is 19.6 Å². The van der Waals surface area contributed by atoms with Gasteiger partial charge in [-0.15, -0.1) is 0 Å². The minimum absolute atomic E-state index is 0.320. The van der Waals surface area contributed by atoms with E-state index in [9.17, 15) is 8.78 Å². The first-order valence-electron chi connectivity index (χ1n) is 10.1. The Labute approximate surface area is 167 Å². The molecule has 0 atom stereocenters. The number of halogens is 2. The minimum Gasteiger partial charge on any atom is -0.304 e. The summed E-state index contributed by atoms with van der Waals surface area (Å²) in [5.74, 6) is -0.455. The third kappa shape index (κ3) is 3.19. The highest BCUT2D eigenvalue weighted by atomic mass is 19.1. The van der Waals surface area contributed by atoms with Crippen LogP contribution in [0, 0.1) is 11.6 Å². The highest BCUT2D eigenvalue weighted by molar-refractivity contribution is 5.84. The van der Waals surface area contributed by atoms with Crippen LogP contribution in [0.2, 0.25) is 0 Å². The molecule has 5 nitrogen and oxygen atoms in total. The van der Waals surface area contributed by atoms with E-state index in [2.05, 4.69) is 21.9 Å². The van der Waals surface area contributed by atoms with Gasteiger partial charge < -0.3 is 9.30 Å². The molecule has 1 saturated heterocycles. The number of aromatic nitrogens is 4. The molecule has 0 radical (unpaired) electrons. The van der Waals surface area contributed by atoms with Crippen molar-refractivity contribution in [3.05, 3.63) is 54.1 Å². The second-order valence-corrected chi connectivity index (χ2v) is 7.88. The Balaban J connectivity index is 1.53. The van der Waals surface area contributed by atoms with Crippen molar-refractivity contribution < 1.29 is 8.78 Å². The molecule has 5 rings (SSSR count). The van der Waals surface area contributed by atoms with E-state index in [-0.39, 0.29) is 0 Å². The molecule has 1 aliphatic rings. The lowest BCUT2D eigenvalue weighted by atomic mass is 9.94. The molecule has 0 unspecified atom stereocenters. The van der Waals surface area contributed by atoms with Crippen LogP contribution < -0.4 is 0 Å². The molecular formula is C22H23F2N5. The molecule has 1 aromatic carbocycles. The molecule has 0 bridgehead atoms. The fraction of sp³-hybridized carbons (Fsp3) is 0.364. The van der Waals surface area contributed by atoms with Gasteiger partial charge in [0.25, 0.3) is 0 Å². The molecule has 29 heavy (non-hydrogen) atoms. The van der Waals surface area contributed by atoms with Crippen LogP contribution in [0.25, 0.3) is 27.7 Å². The van der Waals surface area contributed by atoms with E-state index >= 15 is 0 Å². The Kier molecular flexibility index (Phi) is 4.35. The Hall–Kier alpha value is -2.80. The number of nitrogens with zero attached hydrogens (tertiary/aromatic N) is 5. The Morgan fingerprint density at radius 2 is 1.76 bits per heavy atom. The number of likely N-dealkylation sites (tertiary alicyclic amines) is 1. The Morgan fingerprint density at radius 1 is 1.00 bits per heavy atom. The van der Waals surface area contributed by atoms with E-state index in [1.807, 2.05) is 18.5 Å². The average Bonchev–Trinajstić information content (AvgIpc) is 3.31. The van der Waals surface area contributed by atoms with Gasteiger partial charge in [0.1, 0.15) is 5.52 Å². The fourth-order valence-corrected chi connectivity index (χ4v) is 4.35. The van der Waals surface area contributed by atoms with E-state index in [1.165, 1.54) is 12.1 Å². The van der Waals surface area contributed by atoms with Gasteiger partial charge in [-0.25, -0.2) is 13.8 Å². The standard InChI is InChI=1S/C22H23F2N5/c1-3-28-6-4-14(5-7-28)20-13-29-12-16(10-19(24)22(29)25-20)15-8-17-11-27(2)26-21(17)18(23)9-15/h8-14H,3-7H2,1-2H3. The summed E-state index contributed by atoms with van der Waals surface area (Å²) in [4.78, 5) is 7.00. The zero-order chi connectivity index (χ0) is 20.1. The normalized spacial score (nSPS) is 16.3. The predicted octanol–water partition coefficient (Wildman–Crippen LogP) is 4.37. The number of hydrogen-bond acceptors (Lipinski definition) is 3. The van der Waals surface area contributed by atoms with Crippen molar-refractivity contribution in [3.8, 4) is 11.1 Å². The summed E-state index contributed by atoms with van der Waals surface area (Å²) in [6.07, 6.45) is 7.58. The number of fused-ring (bicyclic) bond motifs is 2. The van der Waals surface area contributed by atoms with Gasteiger partial charge >= 0.3 is 0 Å². The van der Waals surface area contributed by atoms with Crippen LogP contribution in [-0.2, 0) is 7.05 Å². The van der Waals surface area contributed by atoms with E-state index in [0.29, 0.717) is 33.6 Å². The molecule has 1 aliphatic heterocycles. The molecule has 1 fully saturated rings. The van der Waals surface area contributed by atoms with Gasteiger partial charge in [0.2, 0.25) is 0 Å². The Morgan fingerprint density at radius 3 is 2.52 bits per heavy atom. The fourth-order valence-electron chi connectivity index (χ4n) is 4.35. The molecule has 150 valence electrons. The second kappa shape index (κ2) is 6.91. The summed E-state index contributed by atoms with van der Waals surface area (Å²) < 4.78 is 32.6. The molecule has 4 aromatic rings. The van der Waals surface area contributed by atoms with Gasteiger partial charge in [-0.2, -0.15) is 5.10 Å². The first-order chi connectivity index (χ1) is 14.0. The third-order valence-corrected chi connectivity index (χ3v) is 5.99. The summed E-state index contributed by atoms with van der Waals surface area (Å²) in [6.45, 7) is 5.34. The summed E-state index contributed by atoms with van der Waals surface area (Å²) in [6, 6.07) is 4.68. The maximum absolute atomic E-state index is 14.8. The van der Waals surface area contributed by atoms with E-state index in [4.69, 9.17) is 0 Å². The number of pyridine rings is 1. The zero-order valence-electron chi connectivity index (χ0n) is 16.6. The maximum atomic E-state index is 14.8. The molecule has 4 heterocycles. The molecule has 0 N–H and O–H groups in total. The molecular weight excluding hydrogens is 372 g/mol. The average molecular weight is 395 g/mol. The molecule has 3 aromatic heterocycles. The predicted molar refractivity (Wildman–Crippen MR) is 109 cm³/mol. The van der Waals surface area contributed by atoms with Crippen LogP contribution >= 0.6 is 0 Å². The summed E-state index contributed by atoms with van der Waals surface area (Å²) in [5.41, 5.74) is 2.82. The van der Waals surface area contributed by atoms with Gasteiger partial charge in [0.15, 0.2) is 17.3 Å². The number of rotatable bonds is 3. The monoisotopic (exact) mass is 395 g/mol. The van der Waals surface area contributed by atoms with Gasteiger partial charge in [-0.3, -0.25) is 4.68 Å². The van der Waals surface area contributed by atoms with Crippen molar-refractivity contribution in [1.29, 1.82) is 0 Å². The minimum atomic E-state index is -0.410. The van der Waals surface area contributed by atoms with Crippen molar-refractivity contribution in [2.24, 2.45) is 7.05 Å². The third-order valence-electron chi connectivity index (χ3n) is 5.99. The number of hydrogen-bond donors (Lipinski definition) is 0. The van der Waals surface area contributed by atoms with Crippen molar-refractivity contribution in [2.45, 2.75) is 25.7 Å². The smallest absolute Gasteiger partial charge is 0.173 e. The summed E-state index contributed by atoms with van der Waals surface area (Å²) in [7, 11) is 1.75. The highest BCUT2D eigenvalue weighted by Gasteiger charge is 2.23. The van der Waals surface area contributed by atoms with Crippen LogP contribution in [0.4, 0.5) is 8.78 Å². The van der Waals surface area contributed by atoms with E-state index < -0.39 is 11.6 Å². The lowest BCUT2D eigenvalue weighted by molar-refractivity contribution is 0.221. The number of aryl methyl sites for hydroxylation is 1. The lowest BCUT2D eigenvalue weighted by Crippen LogP contribution is -2.32. The van der Waals surface area contributed by atoms with Crippen LogP contribution in [0.15, 0.2) is 36.8 Å². The van der Waals surface area contributed by atoms with Gasteiger partial charge in [-0.05, 0) is 56.2 Å². The van der Waals surface area contributed by atoms with Gasteiger partial charge in [-0.1, -0.05) is 6.92 Å². The topological polar surface area (TPSA) is 38.4 Å². The zero-order valence-corrected chi connectivity index (χ0v) is 16.6. The Bertz CT molecular complexity index is 1200. The van der Waals surface area contributed by atoms with Crippen molar-refractivity contribution in [1.82, 2.24) is 24.1 Å². The number of imidazole rings is 1. The molecule has 0 saturated carbocycles. The van der Waals surface area contributed by atoms with Gasteiger partial charge in [0, 0.05) is 42.5 Å². The number of benzene rings is 1. The van der Waals surface area contributed by atoms with Crippen LogP contribution in [0.3, 0.4) is 0 Å². The van der Waals surface area contributed by atoms with Crippen molar-refractivity contribution >= 4 is 16.6 Å². The molecule has 0 aliphatic carbocycles. The van der Waals surface area contributed by atoms with Crippen LogP contribution in [0.1, 0.15) is 31.4 Å². The second-order valence-electron chi connectivity index (χ2n) is 7.88. The summed E-state index contributed by atoms with van der Waals surface area (Å²) in [5, 5.41) is 4.82. The van der Waals surface area contributed by atoms with E-state index in [1.54, 1.807) is 22.3 Å². The molecule has 0 spiro atoms. The largest absolute Gasteiger partial charge is 0.304 e. The SMILES string of the molecule is CCN1CCC(c2cn3cc(-c4cc(F)c5nn(C)cc5c4)cc(F)c3n2)CC1. The van der Waals surface area contributed by atoms with Gasteiger partial charge in [0.05, 0.1) is 5.69 Å². The maximum Gasteiger partial charge on any atom is 0.173 e. The number of piperidine rings is 1. The van der Waals surface area contributed by atoms with Crippen LogP contribution in [0.5, 0.6) is 0 Å². The molecule has 0 amide bonds. The molecule has 7 heteroatoms. The van der Waals surface area contributed by atoms with E-state index in [0.717, 1.165) is 38.2 Å². The first kappa shape index (κ1) is 18.2. The quantitative estimate of drug-likeness (QED) is 0.517. The lowest BCUT2D eigenvalue weighted by Gasteiger charge is -2.30. The van der Waals surface area contributed by atoms with Crippen LogP contribution in [-0.4, -0.2) is 43.7 Å².